The summed E-state index contributed by atoms with van der Waals surface area (Å²) in [7, 11) is 0. The first-order valence-electron chi connectivity index (χ1n) is 36.7. The first-order chi connectivity index (χ1) is 52.6. The number of halogens is 4. The van der Waals surface area contributed by atoms with Gasteiger partial charge in [-0.25, -0.2) is 28.2 Å². The van der Waals surface area contributed by atoms with Gasteiger partial charge >= 0.3 is 0 Å². The van der Waals surface area contributed by atoms with Gasteiger partial charge in [-0.1, -0.05) is 168 Å². The fourth-order valence-electron chi connectivity index (χ4n) is 14.5. The summed E-state index contributed by atoms with van der Waals surface area (Å²) < 4.78 is 29.0. The molecule has 0 bridgehead atoms. The van der Waals surface area contributed by atoms with Crippen LogP contribution in [0.2, 0.25) is 10.0 Å². The number of Topliss-reactive ketones (excluding diaryl/α,β-unsaturated/α-hetero) is 4. The number of ketones is 4. The number of aliphatic hydroxyl groups is 4. The molecule has 4 atom stereocenters. The molecule has 111 heavy (non-hydrogen) atoms. The Bertz CT molecular complexity index is 5100. The van der Waals surface area contributed by atoms with Crippen molar-refractivity contribution in [3.63, 3.8) is 0 Å². The molecule has 9 aromatic carbocycles. The van der Waals surface area contributed by atoms with Crippen molar-refractivity contribution < 1.29 is 48.4 Å². The van der Waals surface area contributed by atoms with E-state index in [9.17, 15) is 48.4 Å². The average molecular weight is 1530 g/mol. The van der Waals surface area contributed by atoms with Crippen molar-refractivity contribution in [2.45, 2.75) is 136 Å². The van der Waals surface area contributed by atoms with Crippen LogP contribution in [-0.4, -0.2) is 118 Å². The molecular formula is C91H90Cl2F2N8O8. The van der Waals surface area contributed by atoms with E-state index < -0.39 is 22.4 Å². The topological polar surface area (TPSA) is 180 Å². The van der Waals surface area contributed by atoms with Gasteiger partial charge in [-0.15, -0.1) is 0 Å². The molecule has 0 radical (unpaired) electrons. The number of hydrogen-bond donors (Lipinski definition) is 4. The number of benzene rings is 9. The number of carbonyl (C=O) groups excluding carboxylic acids is 4. The van der Waals surface area contributed by atoms with Gasteiger partial charge in [0.2, 0.25) is 11.4 Å². The van der Waals surface area contributed by atoms with E-state index in [1.54, 1.807) is 99.6 Å². The largest absolute Gasteiger partial charge is 0.380 e. The fourth-order valence-corrected chi connectivity index (χ4v) is 15.0. The number of carbonyl (C=O) groups is 4. The molecule has 0 aliphatic carbocycles. The van der Waals surface area contributed by atoms with Crippen molar-refractivity contribution in [2.75, 3.05) is 72.0 Å². The van der Waals surface area contributed by atoms with Crippen LogP contribution in [0.5, 0.6) is 0 Å². The maximum absolute atomic E-state index is 14.7. The minimum atomic E-state index is -1.60. The lowest BCUT2D eigenvalue weighted by atomic mass is 9.93. The lowest BCUT2D eigenvalue weighted by Crippen LogP contribution is -2.47. The monoisotopic (exact) mass is 1530 g/mol. The second-order valence-corrected chi connectivity index (χ2v) is 31.0. The van der Waals surface area contributed by atoms with Crippen LogP contribution in [0, 0.1) is 72.5 Å². The zero-order valence-corrected chi connectivity index (χ0v) is 65.4. The molecule has 0 unspecified atom stereocenters. The first kappa shape index (κ1) is 82.6. The third-order valence-electron chi connectivity index (χ3n) is 21.0. The molecule has 0 spiro atoms. The van der Waals surface area contributed by atoms with Crippen LogP contribution >= 0.6 is 23.2 Å². The minimum absolute atomic E-state index is 0.00435. The van der Waals surface area contributed by atoms with Gasteiger partial charge in [0.1, 0.15) is 34.0 Å². The van der Waals surface area contributed by atoms with E-state index in [2.05, 4.69) is 79.4 Å². The van der Waals surface area contributed by atoms with Crippen molar-refractivity contribution in [3.8, 4) is 11.1 Å². The van der Waals surface area contributed by atoms with Crippen LogP contribution in [-0.2, 0) is 70.5 Å². The van der Waals surface area contributed by atoms with E-state index in [1.165, 1.54) is 36.1 Å². The van der Waals surface area contributed by atoms with Gasteiger partial charge in [-0.05, 0) is 180 Å². The van der Waals surface area contributed by atoms with Crippen molar-refractivity contribution in [3.05, 3.63) is 303 Å². The molecule has 9 aromatic rings. The van der Waals surface area contributed by atoms with E-state index in [1.807, 2.05) is 72.2 Å². The van der Waals surface area contributed by atoms with Crippen molar-refractivity contribution in [2.24, 2.45) is 0 Å². The number of hydrogen-bond acceptors (Lipinski definition) is 12. The highest BCUT2D eigenvalue weighted by molar-refractivity contribution is 6.33. The maximum atomic E-state index is 14.7. The number of fused-ring (bicyclic) bond motifs is 4. The summed E-state index contributed by atoms with van der Waals surface area (Å²) >= 11 is 12.1. The average Bonchev–Trinajstić information content (AvgIpc) is 1.68. The normalized spacial score (nSPS) is 15.0. The fraction of sp³-hybridized carbons (Fsp3) is 0.319. The van der Waals surface area contributed by atoms with Crippen LogP contribution in [0.4, 0.5) is 54.3 Å². The highest BCUT2D eigenvalue weighted by atomic mass is 35.5. The summed E-state index contributed by atoms with van der Waals surface area (Å²) in [6, 6.07) is 49.2. The summed E-state index contributed by atoms with van der Waals surface area (Å²) in [6.45, 7) is 47.6. The first-order valence-corrected chi connectivity index (χ1v) is 37.5. The standard InChI is InChI=1S/C26H22ClFN2O2.C22H23FN2O2.C22H24N2O2.C21H21ClN2O2/c1-26(32,25(31)13-17-8-9-23(29-2)21(27)12-17)16-30-11-10-19-14-22(28)20(15-24(19)30)18-6-4-3-5-7-18;1-14-5-8-19-17(21(14)23)9-10-25(19)13-22(3,27)20(26)12-16-6-7-18(24-4)15(2)11-16;1-15-5-8-20-18(11-15)9-10-24(20)14-22(3,26)21(25)13-17-6-7-19(23-4)16(2)12-17;1-14-4-7-19-16(10-14)8-9-24(19)13-21(2,26)20(25)12-15-5-6-18(23-3)17(22)11-15/h3-9,12,14-15,32H,10-11,13,16H2,1H3;5-8,11,27H,9-10,12-13H2,1-3H3;5-8,11-12,26H,9-10,13-14H2,1-3H3;4-7,10-11,26H,8-9,12-13H2,1-2H3/t26-;2*22-;21-/m0000/s1. The zero-order valence-electron chi connectivity index (χ0n) is 63.9. The molecule has 4 N–H and O–H groups in total. The van der Waals surface area contributed by atoms with Crippen LogP contribution in [0.25, 0.3) is 30.5 Å². The lowest BCUT2D eigenvalue weighted by Gasteiger charge is -2.30. The molecular weight excluding hydrogens is 1440 g/mol. The number of rotatable bonds is 21. The van der Waals surface area contributed by atoms with Crippen molar-refractivity contribution in [1.82, 2.24) is 0 Å². The van der Waals surface area contributed by atoms with Crippen LogP contribution in [0.1, 0.15) is 100 Å². The number of aryl methyl sites for hydroxylation is 5. The molecule has 20 heteroatoms. The lowest BCUT2D eigenvalue weighted by molar-refractivity contribution is -0.134. The molecule has 4 heterocycles. The quantitative estimate of drug-likeness (QED) is 0.0501. The molecule has 4 aliphatic heterocycles. The molecule has 4 aliphatic rings. The summed E-state index contributed by atoms with van der Waals surface area (Å²) in [5.74, 6) is -1.57. The molecule has 0 saturated carbocycles. The van der Waals surface area contributed by atoms with Gasteiger partial charge in [-0.2, -0.15) is 0 Å². The predicted octanol–water partition coefficient (Wildman–Crippen LogP) is 17.4. The second-order valence-electron chi connectivity index (χ2n) is 30.2. The summed E-state index contributed by atoms with van der Waals surface area (Å²) in [4.78, 5) is 72.5. The van der Waals surface area contributed by atoms with Gasteiger partial charge in [-0.3, -0.25) is 19.2 Å². The molecule has 570 valence electrons. The van der Waals surface area contributed by atoms with E-state index in [-0.39, 0.29) is 85.1 Å². The van der Waals surface area contributed by atoms with E-state index in [0.717, 1.165) is 82.1 Å². The Morgan fingerprint density at radius 3 is 1.12 bits per heavy atom. The Balaban J connectivity index is 0.000000158. The highest BCUT2D eigenvalue weighted by Crippen LogP contribution is 2.39. The third kappa shape index (κ3) is 20.0. The Labute approximate surface area is 659 Å². The number of nitrogens with zero attached hydrogens (tertiary/aromatic N) is 8. The van der Waals surface area contributed by atoms with Crippen molar-refractivity contribution >= 4 is 91.8 Å². The molecule has 0 saturated heterocycles. The molecule has 16 nitrogen and oxygen atoms in total. The van der Waals surface area contributed by atoms with Crippen molar-refractivity contribution in [1.29, 1.82) is 0 Å². The van der Waals surface area contributed by atoms with Crippen LogP contribution in [0.3, 0.4) is 0 Å². The Hall–Kier alpha value is -10.9. The summed E-state index contributed by atoms with van der Waals surface area (Å²) in [5.41, 5.74) is 12.6. The van der Waals surface area contributed by atoms with Gasteiger partial charge in [0.05, 0.1) is 52.5 Å². The maximum Gasteiger partial charge on any atom is 0.205 e. The van der Waals surface area contributed by atoms with Gasteiger partial charge in [0, 0.05) is 95.8 Å². The highest BCUT2D eigenvalue weighted by Gasteiger charge is 2.39. The third-order valence-corrected chi connectivity index (χ3v) is 21.6. The summed E-state index contributed by atoms with van der Waals surface area (Å²) in [6.07, 6.45) is 3.44. The van der Waals surface area contributed by atoms with Gasteiger partial charge in [0.15, 0.2) is 34.5 Å². The van der Waals surface area contributed by atoms with E-state index in [0.29, 0.717) is 88.1 Å². The molecule has 0 fully saturated rings. The van der Waals surface area contributed by atoms with Gasteiger partial charge < -0.3 is 40.0 Å². The van der Waals surface area contributed by atoms with E-state index in [4.69, 9.17) is 49.5 Å². The number of anilines is 4. The smallest absolute Gasteiger partial charge is 0.205 e. The Morgan fingerprint density at radius 2 is 0.739 bits per heavy atom. The molecule has 0 aromatic heterocycles. The zero-order chi connectivity index (χ0) is 80.4. The number of β-amino-alcohol motifs (C(OH)–C–C–N with tert-alkyl or cyclic N) is 4. The summed E-state index contributed by atoms with van der Waals surface area (Å²) in [5, 5.41) is 44.0. The second kappa shape index (κ2) is 35.0. The van der Waals surface area contributed by atoms with E-state index >= 15 is 0 Å². The minimum Gasteiger partial charge on any atom is -0.380 e. The Kier molecular flexibility index (Phi) is 26.0. The van der Waals surface area contributed by atoms with Gasteiger partial charge in [0.25, 0.3) is 0 Å². The van der Waals surface area contributed by atoms with Crippen LogP contribution < -0.4 is 19.6 Å². The SMILES string of the molecule is [C-]#[N+]c1ccc(CC(=O)[C@@](C)(O)CN2CCc3c2ccc(C)c3F)cc1C.[C-]#[N+]c1ccc(CC(=O)[C@@](C)(O)CN2CCc3cc(C)ccc32)cc1C.[C-]#[N+]c1ccc(CC(=O)[C@@](C)(O)CN2CCc3cc(C)ccc32)cc1Cl.[C-]#[N+]c1ccc(CC(=O)[C@@](C)(O)CN2CCc3cc(F)c(-c4ccccc4)cc32)cc1Cl. The molecule has 13 rings (SSSR count). The molecule has 0 amide bonds. The predicted molar refractivity (Wildman–Crippen MR) is 437 cm³/mol. The van der Waals surface area contributed by atoms with Crippen LogP contribution in [0.15, 0.2) is 164 Å². The Morgan fingerprint density at radius 1 is 0.396 bits per heavy atom.